The normalized spacial score (nSPS) is 10.7. The second-order valence-electron chi connectivity index (χ2n) is 6.47. The van der Waals surface area contributed by atoms with Gasteiger partial charge in [-0.05, 0) is 51.9 Å². The smallest absolute Gasteiger partial charge is 0.275 e. The van der Waals surface area contributed by atoms with Crippen LogP contribution < -0.4 is 14.9 Å². The molecule has 0 saturated carbocycles. The van der Waals surface area contributed by atoms with Gasteiger partial charge < -0.3 is 14.6 Å². The average Bonchev–Trinajstić information content (AvgIpc) is 2.78. The number of rotatable bonds is 8. The van der Waals surface area contributed by atoms with Crippen LogP contribution in [0.3, 0.4) is 0 Å². The fourth-order valence-electron chi connectivity index (χ4n) is 2.73. The zero-order chi connectivity index (χ0) is 23.1. The highest BCUT2D eigenvalue weighted by Gasteiger charge is 2.16. The van der Waals surface area contributed by atoms with Gasteiger partial charge in [0.25, 0.3) is 11.6 Å². The van der Waals surface area contributed by atoms with Crippen LogP contribution in [0.5, 0.6) is 17.2 Å². The number of aromatic hydroxyl groups is 1. The molecule has 164 valence electrons. The number of hydrogen-bond donors (Lipinski definition) is 2. The maximum Gasteiger partial charge on any atom is 0.275 e. The number of nitrogens with one attached hydrogen (secondary N) is 1. The third-order valence-electron chi connectivity index (χ3n) is 4.29. The summed E-state index contributed by atoms with van der Waals surface area (Å²) in [5, 5.41) is 24.5. The number of carbonyl (C=O) groups is 1. The number of phenols is 1. The van der Waals surface area contributed by atoms with E-state index in [1.165, 1.54) is 13.3 Å². The second-order valence-corrected chi connectivity index (χ2v) is 7.63. The van der Waals surface area contributed by atoms with Crippen molar-refractivity contribution in [3.05, 3.63) is 91.0 Å². The van der Waals surface area contributed by atoms with Crippen LogP contribution in [-0.2, 0) is 6.61 Å². The van der Waals surface area contributed by atoms with Gasteiger partial charge in [-0.15, -0.1) is 0 Å². The van der Waals surface area contributed by atoms with Gasteiger partial charge in [-0.25, -0.2) is 5.43 Å². The minimum atomic E-state index is -0.785. The predicted molar refractivity (Wildman–Crippen MR) is 126 cm³/mol. The molecule has 0 aliphatic carbocycles. The Balaban J connectivity index is 1.72. The molecule has 0 fully saturated rings. The van der Waals surface area contributed by atoms with Crippen molar-refractivity contribution in [2.45, 2.75) is 6.61 Å². The van der Waals surface area contributed by atoms with Gasteiger partial charge in [0.15, 0.2) is 11.5 Å². The van der Waals surface area contributed by atoms with Gasteiger partial charge in [0.1, 0.15) is 12.4 Å². The first-order chi connectivity index (χ1) is 15.4. The molecule has 0 radical (unpaired) electrons. The van der Waals surface area contributed by atoms with E-state index in [9.17, 15) is 20.0 Å². The quantitative estimate of drug-likeness (QED) is 0.188. The summed E-state index contributed by atoms with van der Waals surface area (Å²) in [6.07, 6.45) is 1.39. The fourth-order valence-corrected chi connectivity index (χ4v) is 3.51. The molecule has 0 heterocycles. The van der Waals surface area contributed by atoms with Crippen molar-refractivity contribution in [2.24, 2.45) is 5.10 Å². The number of nitro benzene ring substituents is 1. The van der Waals surface area contributed by atoms with Gasteiger partial charge in [-0.3, -0.25) is 14.9 Å². The maximum atomic E-state index is 12.2. The van der Waals surface area contributed by atoms with Crippen LogP contribution in [0.2, 0.25) is 0 Å². The Hall–Kier alpha value is -3.67. The molecular weight excluding hydrogens is 529 g/mol. The van der Waals surface area contributed by atoms with Gasteiger partial charge in [-0.1, -0.05) is 30.3 Å². The second kappa shape index (κ2) is 10.6. The Kier molecular flexibility index (Phi) is 7.60. The van der Waals surface area contributed by atoms with Crippen LogP contribution in [0.4, 0.5) is 5.69 Å². The minimum absolute atomic E-state index is 0.256. The van der Waals surface area contributed by atoms with E-state index in [1.807, 2.05) is 30.3 Å². The third kappa shape index (κ3) is 5.72. The standard InChI is InChI=1S/C22H18IN3O6/c1-31-20-10-15(9-18(23)21(20)32-13-14-5-3-2-4-6-14)12-24-25-22(28)17-11-16(26(29)30)7-8-19(17)27/h2-12,27H,13H2,1H3,(H,25,28)/b24-12-. The van der Waals surface area contributed by atoms with Gasteiger partial charge in [0.05, 0.1) is 27.4 Å². The van der Waals surface area contributed by atoms with Crippen molar-refractivity contribution in [1.29, 1.82) is 0 Å². The number of hydrogen-bond acceptors (Lipinski definition) is 7. The van der Waals surface area contributed by atoms with E-state index in [-0.39, 0.29) is 17.0 Å². The highest BCUT2D eigenvalue weighted by atomic mass is 127. The lowest BCUT2D eigenvalue weighted by Crippen LogP contribution is -2.18. The Morgan fingerprint density at radius 3 is 2.66 bits per heavy atom. The SMILES string of the molecule is COc1cc(/C=N\NC(=O)c2cc([N+](=O)[O-])ccc2O)cc(I)c1OCc1ccccc1. The number of methoxy groups -OCH3 is 1. The van der Waals surface area contributed by atoms with Crippen LogP contribution in [0, 0.1) is 13.7 Å². The lowest BCUT2D eigenvalue weighted by atomic mass is 10.1. The molecule has 0 aromatic heterocycles. The first-order valence-electron chi connectivity index (χ1n) is 9.24. The molecule has 3 aromatic carbocycles. The maximum absolute atomic E-state index is 12.2. The molecule has 0 saturated heterocycles. The molecule has 3 aromatic rings. The van der Waals surface area contributed by atoms with Crippen LogP contribution in [0.15, 0.2) is 65.8 Å². The summed E-state index contributed by atoms with van der Waals surface area (Å²) in [6, 6.07) is 16.4. The number of halogens is 1. The van der Waals surface area contributed by atoms with Gasteiger partial charge >= 0.3 is 0 Å². The van der Waals surface area contributed by atoms with Crippen molar-refractivity contribution in [3.8, 4) is 17.2 Å². The van der Waals surface area contributed by atoms with Crippen molar-refractivity contribution in [1.82, 2.24) is 5.43 Å². The first kappa shape index (κ1) is 23.0. The molecule has 0 spiro atoms. The number of nitrogens with zero attached hydrogens (tertiary/aromatic N) is 2. The van der Waals surface area contributed by atoms with Gasteiger partial charge in [0, 0.05) is 12.1 Å². The molecule has 0 aliphatic heterocycles. The Morgan fingerprint density at radius 2 is 1.97 bits per heavy atom. The van der Waals surface area contributed by atoms with Crippen molar-refractivity contribution >= 4 is 40.4 Å². The number of non-ortho nitro benzene ring substituents is 1. The Bertz CT molecular complexity index is 1170. The van der Waals surface area contributed by atoms with E-state index in [4.69, 9.17) is 9.47 Å². The molecule has 1 amide bonds. The van der Waals surface area contributed by atoms with Gasteiger partial charge in [0.2, 0.25) is 0 Å². The fraction of sp³-hybridized carbons (Fsp3) is 0.0909. The summed E-state index contributed by atoms with van der Waals surface area (Å²) in [7, 11) is 1.52. The molecular formula is C22H18IN3O6. The van der Waals surface area contributed by atoms with Crippen LogP contribution in [0.1, 0.15) is 21.5 Å². The molecule has 2 N–H and O–H groups in total. The number of amides is 1. The van der Waals surface area contributed by atoms with E-state index in [1.54, 1.807) is 12.1 Å². The number of carbonyl (C=O) groups excluding carboxylic acids is 1. The monoisotopic (exact) mass is 547 g/mol. The lowest BCUT2D eigenvalue weighted by Gasteiger charge is -2.13. The van der Waals surface area contributed by atoms with Crippen molar-refractivity contribution in [3.63, 3.8) is 0 Å². The minimum Gasteiger partial charge on any atom is -0.507 e. The van der Waals surface area contributed by atoms with Crippen LogP contribution in [0.25, 0.3) is 0 Å². The molecule has 0 bridgehead atoms. The summed E-state index contributed by atoms with van der Waals surface area (Å²) in [6.45, 7) is 0.378. The summed E-state index contributed by atoms with van der Waals surface area (Å²) < 4.78 is 12.1. The van der Waals surface area contributed by atoms with E-state index < -0.39 is 10.8 Å². The number of benzene rings is 3. The molecule has 32 heavy (non-hydrogen) atoms. The lowest BCUT2D eigenvalue weighted by molar-refractivity contribution is -0.384. The highest BCUT2D eigenvalue weighted by Crippen LogP contribution is 2.34. The zero-order valence-electron chi connectivity index (χ0n) is 16.8. The predicted octanol–water partition coefficient (Wildman–Crippen LogP) is 4.26. The van der Waals surface area contributed by atoms with E-state index >= 15 is 0 Å². The van der Waals surface area contributed by atoms with E-state index in [0.29, 0.717) is 23.7 Å². The summed E-state index contributed by atoms with van der Waals surface area (Å²) in [5.41, 5.74) is 3.32. The Labute approximate surface area is 197 Å². The number of nitro groups is 1. The zero-order valence-corrected chi connectivity index (χ0v) is 19.0. The van der Waals surface area contributed by atoms with Crippen molar-refractivity contribution < 1.29 is 24.3 Å². The number of hydrazone groups is 1. The topological polar surface area (TPSA) is 123 Å². The van der Waals surface area contributed by atoms with E-state index in [0.717, 1.165) is 27.3 Å². The largest absolute Gasteiger partial charge is 0.507 e. The third-order valence-corrected chi connectivity index (χ3v) is 5.09. The van der Waals surface area contributed by atoms with Crippen LogP contribution >= 0.6 is 22.6 Å². The first-order valence-corrected chi connectivity index (χ1v) is 10.3. The average molecular weight is 547 g/mol. The summed E-state index contributed by atoms with van der Waals surface area (Å²) >= 11 is 2.12. The molecule has 10 heteroatoms. The summed E-state index contributed by atoms with van der Waals surface area (Å²) in [4.78, 5) is 22.5. The molecule has 9 nitrogen and oxygen atoms in total. The number of phenolic OH excluding ortho intramolecular Hbond substituents is 1. The highest BCUT2D eigenvalue weighted by molar-refractivity contribution is 14.1. The van der Waals surface area contributed by atoms with Crippen LogP contribution in [-0.4, -0.2) is 29.3 Å². The molecule has 3 rings (SSSR count). The molecule has 0 atom stereocenters. The molecule has 0 unspecified atom stereocenters. The molecule has 0 aliphatic rings. The summed E-state index contributed by atoms with van der Waals surface area (Å²) in [5.74, 6) is -0.0945. The van der Waals surface area contributed by atoms with Gasteiger partial charge in [-0.2, -0.15) is 5.10 Å². The number of ether oxygens (including phenoxy) is 2. The van der Waals surface area contributed by atoms with E-state index in [2.05, 4.69) is 33.1 Å². The van der Waals surface area contributed by atoms with Crippen molar-refractivity contribution in [2.75, 3.05) is 7.11 Å². The Morgan fingerprint density at radius 1 is 1.22 bits per heavy atom.